The molecule has 1 atom stereocenters. The molecule has 0 amide bonds. The number of aryl methyl sites for hydroxylation is 2. The molecule has 2 rings (SSSR count). The summed E-state index contributed by atoms with van der Waals surface area (Å²) in [6, 6.07) is 10.1. The van der Waals surface area contributed by atoms with E-state index in [1.807, 2.05) is 32.0 Å². The number of nitrogens with one attached hydrogen (secondary N) is 1. The maximum Gasteiger partial charge on any atom is 0.123 e. The van der Waals surface area contributed by atoms with E-state index in [9.17, 15) is 4.39 Å². The van der Waals surface area contributed by atoms with Gasteiger partial charge in [-0.3, -0.25) is 5.84 Å². The molecule has 1 unspecified atom stereocenters. The summed E-state index contributed by atoms with van der Waals surface area (Å²) in [5, 5.41) is 0.643. The number of halogens is 2. The molecule has 2 aromatic rings. The van der Waals surface area contributed by atoms with Crippen LogP contribution in [0, 0.1) is 19.7 Å². The molecule has 0 aromatic heterocycles. The van der Waals surface area contributed by atoms with Crippen molar-refractivity contribution >= 4 is 11.6 Å². The standard InChI is InChI=1S/C15H16ClFN2/c1-9-5-11(7-12(16)6-9)15(19-18)14-8-13(17)4-3-10(14)2/h3-8,15,19H,18H2,1-2H3. The van der Waals surface area contributed by atoms with Gasteiger partial charge in [0.25, 0.3) is 0 Å². The Morgan fingerprint density at radius 2 is 1.89 bits per heavy atom. The first-order valence-electron chi connectivity index (χ1n) is 6.00. The van der Waals surface area contributed by atoms with Crippen LogP contribution < -0.4 is 11.3 Å². The van der Waals surface area contributed by atoms with Gasteiger partial charge in [-0.25, -0.2) is 9.82 Å². The lowest BCUT2D eigenvalue weighted by Crippen LogP contribution is -2.29. The molecule has 0 aliphatic carbocycles. The van der Waals surface area contributed by atoms with Crippen LogP contribution in [-0.4, -0.2) is 0 Å². The lowest BCUT2D eigenvalue weighted by Gasteiger charge is -2.20. The summed E-state index contributed by atoms with van der Waals surface area (Å²) in [5.41, 5.74) is 6.47. The number of hydrogen-bond donors (Lipinski definition) is 2. The fourth-order valence-electron chi connectivity index (χ4n) is 2.22. The number of nitrogens with two attached hydrogens (primary N) is 1. The Bertz CT molecular complexity index is 578. The fourth-order valence-corrected chi connectivity index (χ4v) is 2.52. The fraction of sp³-hybridized carbons (Fsp3) is 0.200. The summed E-state index contributed by atoms with van der Waals surface area (Å²) < 4.78 is 13.4. The quantitative estimate of drug-likeness (QED) is 0.664. The van der Waals surface area contributed by atoms with Gasteiger partial charge in [0.2, 0.25) is 0 Å². The van der Waals surface area contributed by atoms with Crippen molar-refractivity contribution in [3.8, 4) is 0 Å². The van der Waals surface area contributed by atoms with Gasteiger partial charge in [-0.1, -0.05) is 23.7 Å². The molecule has 0 saturated carbocycles. The van der Waals surface area contributed by atoms with Crippen LogP contribution in [0.25, 0.3) is 0 Å². The molecule has 0 fully saturated rings. The van der Waals surface area contributed by atoms with E-state index >= 15 is 0 Å². The van der Waals surface area contributed by atoms with E-state index in [1.54, 1.807) is 6.07 Å². The molecular formula is C15H16ClFN2. The molecule has 3 N–H and O–H groups in total. The second kappa shape index (κ2) is 5.70. The molecule has 0 spiro atoms. The lowest BCUT2D eigenvalue weighted by atomic mass is 9.94. The van der Waals surface area contributed by atoms with Crippen LogP contribution in [0.4, 0.5) is 4.39 Å². The van der Waals surface area contributed by atoms with Gasteiger partial charge < -0.3 is 0 Å². The van der Waals surface area contributed by atoms with Crippen molar-refractivity contribution < 1.29 is 4.39 Å². The Balaban J connectivity index is 2.52. The predicted octanol–water partition coefficient (Wildman–Crippen LogP) is 3.65. The third kappa shape index (κ3) is 3.13. The summed E-state index contributed by atoms with van der Waals surface area (Å²) in [4.78, 5) is 0. The molecule has 2 nitrogen and oxygen atoms in total. The Hall–Kier alpha value is -1.42. The molecule has 0 saturated heterocycles. The van der Waals surface area contributed by atoms with Gasteiger partial charge in [0.15, 0.2) is 0 Å². The Morgan fingerprint density at radius 1 is 1.16 bits per heavy atom. The summed E-state index contributed by atoms with van der Waals surface area (Å²) in [6.45, 7) is 3.89. The predicted molar refractivity (Wildman–Crippen MR) is 76.5 cm³/mol. The highest BCUT2D eigenvalue weighted by Gasteiger charge is 2.16. The lowest BCUT2D eigenvalue weighted by molar-refractivity contribution is 0.602. The molecule has 4 heteroatoms. The van der Waals surface area contributed by atoms with Gasteiger partial charge in [0, 0.05) is 5.02 Å². The summed E-state index contributed by atoms with van der Waals surface area (Å²) in [5.74, 6) is 5.36. The van der Waals surface area contributed by atoms with Crippen molar-refractivity contribution in [1.82, 2.24) is 5.43 Å². The smallest absolute Gasteiger partial charge is 0.123 e. The monoisotopic (exact) mass is 278 g/mol. The minimum atomic E-state index is -0.284. The Morgan fingerprint density at radius 3 is 2.53 bits per heavy atom. The summed E-state index contributed by atoms with van der Waals surface area (Å²) >= 11 is 6.07. The van der Waals surface area contributed by atoms with Gasteiger partial charge in [0.05, 0.1) is 6.04 Å². The van der Waals surface area contributed by atoms with Gasteiger partial charge in [-0.2, -0.15) is 0 Å². The van der Waals surface area contributed by atoms with Gasteiger partial charge in [-0.15, -0.1) is 0 Å². The van der Waals surface area contributed by atoms with E-state index in [0.29, 0.717) is 5.02 Å². The van der Waals surface area contributed by atoms with E-state index in [1.165, 1.54) is 12.1 Å². The Kier molecular flexibility index (Phi) is 4.20. The third-order valence-corrected chi connectivity index (χ3v) is 3.33. The molecular weight excluding hydrogens is 263 g/mol. The highest BCUT2D eigenvalue weighted by molar-refractivity contribution is 6.30. The maximum absolute atomic E-state index is 13.4. The maximum atomic E-state index is 13.4. The second-order valence-electron chi connectivity index (χ2n) is 4.66. The molecule has 0 aliphatic heterocycles. The average molecular weight is 279 g/mol. The van der Waals surface area contributed by atoms with E-state index in [0.717, 1.165) is 22.3 Å². The number of rotatable bonds is 3. The summed E-state index contributed by atoms with van der Waals surface area (Å²) in [6.07, 6.45) is 0. The third-order valence-electron chi connectivity index (χ3n) is 3.12. The largest absolute Gasteiger partial charge is 0.271 e. The first kappa shape index (κ1) is 14.0. The van der Waals surface area contributed by atoms with Crippen molar-refractivity contribution in [3.63, 3.8) is 0 Å². The number of hydrogen-bond acceptors (Lipinski definition) is 2. The Labute approximate surface area is 117 Å². The normalized spacial score (nSPS) is 12.5. The molecule has 0 bridgehead atoms. The number of hydrazine groups is 1. The van der Waals surface area contributed by atoms with E-state index in [-0.39, 0.29) is 11.9 Å². The summed E-state index contributed by atoms with van der Waals surface area (Å²) in [7, 11) is 0. The molecule has 2 aromatic carbocycles. The highest BCUT2D eigenvalue weighted by atomic mass is 35.5. The first-order chi connectivity index (χ1) is 9.01. The molecule has 100 valence electrons. The molecule has 0 radical (unpaired) electrons. The average Bonchev–Trinajstić information content (AvgIpc) is 2.33. The zero-order valence-electron chi connectivity index (χ0n) is 10.9. The first-order valence-corrected chi connectivity index (χ1v) is 6.38. The van der Waals surface area contributed by atoms with Crippen molar-refractivity contribution in [2.45, 2.75) is 19.9 Å². The number of benzene rings is 2. The van der Waals surface area contributed by atoms with Crippen LogP contribution in [0.1, 0.15) is 28.3 Å². The SMILES string of the molecule is Cc1cc(Cl)cc(C(NN)c2cc(F)ccc2C)c1. The van der Waals surface area contributed by atoms with Crippen molar-refractivity contribution in [2.24, 2.45) is 5.84 Å². The van der Waals surface area contributed by atoms with E-state index in [4.69, 9.17) is 17.4 Å². The van der Waals surface area contributed by atoms with Gasteiger partial charge in [0.1, 0.15) is 5.82 Å². The van der Waals surface area contributed by atoms with Crippen LogP contribution in [0.15, 0.2) is 36.4 Å². The second-order valence-corrected chi connectivity index (χ2v) is 5.10. The molecule has 19 heavy (non-hydrogen) atoms. The van der Waals surface area contributed by atoms with Crippen molar-refractivity contribution in [2.75, 3.05) is 0 Å². The van der Waals surface area contributed by atoms with Crippen LogP contribution in [0.3, 0.4) is 0 Å². The van der Waals surface area contributed by atoms with Gasteiger partial charge >= 0.3 is 0 Å². The van der Waals surface area contributed by atoms with Crippen molar-refractivity contribution in [1.29, 1.82) is 0 Å². The van der Waals surface area contributed by atoms with E-state index in [2.05, 4.69) is 5.43 Å². The molecule has 0 aliphatic rings. The minimum absolute atomic E-state index is 0.278. The van der Waals surface area contributed by atoms with E-state index < -0.39 is 0 Å². The zero-order chi connectivity index (χ0) is 14.0. The van der Waals surface area contributed by atoms with Gasteiger partial charge in [-0.05, 0) is 60.4 Å². The highest BCUT2D eigenvalue weighted by Crippen LogP contribution is 2.27. The molecule has 0 heterocycles. The topological polar surface area (TPSA) is 38.0 Å². The van der Waals surface area contributed by atoms with Crippen LogP contribution >= 0.6 is 11.6 Å². The van der Waals surface area contributed by atoms with Crippen LogP contribution in [-0.2, 0) is 0 Å². The van der Waals surface area contributed by atoms with Crippen molar-refractivity contribution in [3.05, 3.63) is 69.5 Å². The van der Waals surface area contributed by atoms with Crippen LogP contribution in [0.2, 0.25) is 5.02 Å². The minimum Gasteiger partial charge on any atom is -0.271 e. The zero-order valence-corrected chi connectivity index (χ0v) is 11.6. The van der Waals surface area contributed by atoms with Crippen LogP contribution in [0.5, 0.6) is 0 Å².